The monoisotopic (exact) mass is 346 g/mol. The maximum atomic E-state index is 3.76. The fourth-order valence-corrected chi connectivity index (χ4v) is 5.14. The average Bonchev–Trinajstić information content (AvgIpc) is 2.65. The predicted molar refractivity (Wildman–Crippen MR) is 107 cm³/mol. The van der Waals surface area contributed by atoms with Crippen LogP contribution >= 0.6 is 11.8 Å². The lowest BCUT2D eigenvalue weighted by Crippen LogP contribution is -2.36. The van der Waals surface area contributed by atoms with Crippen molar-refractivity contribution in [3.63, 3.8) is 0 Å². The van der Waals surface area contributed by atoms with Crippen LogP contribution in [0.3, 0.4) is 0 Å². The molecule has 2 fully saturated rings. The Morgan fingerprint density at radius 2 is 1.71 bits per heavy atom. The van der Waals surface area contributed by atoms with Crippen LogP contribution < -0.4 is 5.32 Å². The number of likely N-dealkylation sites (tertiary alicyclic amines) is 1. The van der Waals surface area contributed by atoms with E-state index < -0.39 is 0 Å². The van der Waals surface area contributed by atoms with E-state index in [0.717, 1.165) is 12.0 Å². The summed E-state index contributed by atoms with van der Waals surface area (Å²) in [6.07, 6.45) is 9.49. The molecule has 2 nitrogen and oxygen atoms in total. The molecule has 0 atom stereocenters. The molecule has 2 heterocycles. The molecule has 0 aromatic heterocycles. The number of hydrogen-bond donors (Lipinski definition) is 1. The molecule has 1 N–H and O–H groups in total. The first-order valence-electron chi connectivity index (χ1n) is 9.97. The molecule has 3 rings (SSSR count). The second-order valence-corrected chi connectivity index (χ2v) is 8.75. The molecule has 1 aromatic rings. The van der Waals surface area contributed by atoms with Crippen molar-refractivity contribution in [2.45, 2.75) is 51.0 Å². The summed E-state index contributed by atoms with van der Waals surface area (Å²) in [5.74, 6) is 3.61. The van der Waals surface area contributed by atoms with Crippen molar-refractivity contribution >= 4 is 11.8 Å². The summed E-state index contributed by atoms with van der Waals surface area (Å²) in [7, 11) is 0. The molecule has 134 valence electrons. The van der Waals surface area contributed by atoms with Gasteiger partial charge in [-0.05, 0) is 94.1 Å². The van der Waals surface area contributed by atoms with E-state index in [9.17, 15) is 0 Å². The van der Waals surface area contributed by atoms with Crippen molar-refractivity contribution in [3.05, 3.63) is 35.9 Å². The third-order valence-electron chi connectivity index (χ3n) is 5.63. The minimum atomic E-state index is 0.806. The van der Waals surface area contributed by atoms with E-state index in [1.807, 2.05) is 0 Å². The maximum Gasteiger partial charge on any atom is 0.00827 e. The molecular weight excluding hydrogens is 312 g/mol. The van der Waals surface area contributed by atoms with Gasteiger partial charge < -0.3 is 10.2 Å². The molecule has 0 unspecified atom stereocenters. The smallest absolute Gasteiger partial charge is 0.00827 e. The summed E-state index contributed by atoms with van der Waals surface area (Å²) in [6, 6.07) is 11.8. The highest BCUT2D eigenvalue weighted by molar-refractivity contribution is 7.99. The van der Waals surface area contributed by atoms with Crippen LogP contribution in [0.5, 0.6) is 0 Å². The lowest BCUT2D eigenvalue weighted by atomic mass is 9.90. The van der Waals surface area contributed by atoms with Crippen LogP contribution in [-0.4, -0.2) is 48.6 Å². The summed E-state index contributed by atoms with van der Waals surface area (Å²) < 4.78 is 0. The van der Waals surface area contributed by atoms with Crippen LogP contribution in [-0.2, 0) is 6.42 Å². The van der Waals surface area contributed by atoms with Crippen LogP contribution in [0.15, 0.2) is 30.3 Å². The van der Waals surface area contributed by atoms with E-state index in [-0.39, 0.29) is 0 Å². The fraction of sp³-hybridized carbons (Fsp3) is 0.714. The first kappa shape index (κ1) is 18.3. The van der Waals surface area contributed by atoms with E-state index in [4.69, 9.17) is 0 Å². The molecule has 1 aromatic carbocycles. The number of nitrogens with zero attached hydrogens (tertiary/aromatic N) is 1. The van der Waals surface area contributed by atoms with Gasteiger partial charge in [0, 0.05) is 6.04 Å². The van der Waals surface area contributed by atoms with E-state index in [0.29, 0.717) is 0 Å². The molecular formula is C21H34N2S. The Balaban J connectivity index is 1.22. The first-order valence-corrected chi connectivity index (χ1v) is 11.1. The van der Waals surface area contributed by atoms with E-state index in [1.165, 1.54) is 88.2 Å². The van der Waals surface area contributed by atoms with Crippen molar-refractivity contribution in [1.82, 2.24) is 10.2 Å². The number of piperidine rings is 1. The molecule has 2 aliphatic rings. The molecule has 0 radical (unpaired) electrons. The van der Waals surface area contributed by atoms with E-state index >= 15 is 0 Å². The van der Waals surface area contributed by atoms with Gasteiger partial charge in [0.1, 0.15) is 0 Å². The van der Waals surface area contributed by atoms with Gasteiger partial charge in [-0.15, -0.1) is 0 Å². The van der Waals surface area contributed by atoms with Crippen LogP contribution in [0.1, 0.15) is 44.1 Å². The topological polar surface area (TPSA) is 15.3 Å². The number of nitrogens with one attached hydrogen (secondary N) is 1. The molecule has 0 amide bonds. The second kappa shape index (κ2) is 10.5. The number of thioether (sulfide) groups is 1. The SMILES string of the molecule is c1ccc(CC2CCN(CCCCNC3CCSCC3)CC2)cc1. The summed E-state index contributed by atoms with van der Waals surface area (Å²) in [5.41, 5.74) is 1.52. The van der Waals surface area contributed by atoms with Crippen LogP contribution in [0, 0.1) is 5.92 Å². The molecule has 3 heteroatoms. The Bertz CT molecular complexity index is 436. The van der Waals surface area contributed by atoms with Gasteiger partial charge in [-0.3, -0.25) is 0 Å². The van der Waals surface area contributed by atoms with Crippen molar-refractivity contribution < 1.29 is 0 Å². The largest absolute Gasteiger partial charge is 0.314 e. The predicted octanol–water partition coefficient (Wildman–Crippen LogP) is 4.21. The minimum absolute atomic E-state index is 0.806. The highest BCUT2D eigenvalue weighted by atomic mass is 32.2. The van der Waals surface area contributed by atoms with Gasteiger partial charge in [0.15, 0.2) is 0 Å². The zero-order valence-corrected chi connectivity index (χ0v) is 15.9. The van der Waals surface area contributed by atoms with Gasteiger partial charge in [0.25, 0.3) is 0 Å². The van der Waals surface area contributed by atoms with Crippen LogP contribution in [0.2, 0.25) is 0 Å². The van der Waals surface area contributed by atoms with Gasteiger partial charge in [0.05, 0.1) is 0 Å². The first-order chi connectivity index (χ1) is 11.9. The molecule has 24 heavy (non-hydrogen) atoms. The molecule has 0 aliphatic carbocycles. The standard InChI is InChI=1S/C21H34N2S/c1-2-6-19(7-3-1)18-20-8-14-23(15-9-20)13-5-4-12-22-21-10-16-24-17-11-21/h1-3,6-7,20-22H,4-5,8-18H2. The van der Waals surface area contributed by atoms with Gasteiger partial charge in [-0.1, -0.05) is 30.3 Å². The Morgan fingerprint density at radius 3 is 2.46 bits per heavy atom. The Hall–Kier alpha value is -0.510. The van der Waals surface area contributed by atoms with Crippen molar-refractivity contribution in [3.8, 4) is 0 Å². The molecule has 0 saturated carbocycles. The number of benzene rings is 1. The molecule has 0 bridgehead atoms. The average molecular weight is 347 g/mol. The maximum absolute atomic E-state index is 3.76. The summed E-state index contributed by atoms with van der Waals surface area (Å²) >= 11 is 2.11. The number of unbranched alkanes of at least 4 members (excludes halogenated alkanes) is 1. The van der Waals surface area contributed by atoms with Gasteiger partial charge in [0.2, 0.25) is 0 Å². The van der Waals surface area contributed by atoms with Crippen LogP contribution in [0.25, 0.3) is 0 Å². The van der Waals surface area contributed by atoms with Crippen molar-refractivity contribution in [2.24, 2.45) is 5.92 Å². The summed E-state index contributed by atoms with van der Waals surface area (Å²) in [5, 5.41) is 3.76. The fourth-order valence-electron chi connectivity index (χ4n) is 4.03. The quantitative estimate of drug-likeness (QED) is 0.710. The number of hydrogen-bond acceptors (Lipinski definition) is 3. The lowest BCUT2D eigenvalue weighted by Gasteiger charge is -2.32. The third-order valence-corrected chi connectivity index (χ3v) is 6.68. The normalized spacial score (nSPS) is 21.2. The molecule has 2 saturated heterocycles. The summed E-state index contributed by atoms with van der Waals surface area (Å²) in [4.78, 5) is 2.69. The van der Waals surface area contributed by atoms with Crippen molar-refractivity contribution in [1.29, 1.82) is 0 Å². The zero-order chi connectivity index (χ0) is 16.5. The van der Waals surface area contributed by atoms with E-state index in [2.05, 4.69) is 52.3 Å². The Kier molecular flexibility index (Phi) is 7.98. The Labute approximate surface area is 152 Å². The minimum Gasteiger partial charge on any atom is -0.314 e. The Morgan fingerprint density at radius 1 is 0.958 bits per heavy atom. The molecule has 2 aliphatic heterocycles. The number of rotatable bonds is 8. The highest BCUT2D eigenvalue weighted by Gasteiger charge is 2.19. The lowest BCUT2D eigenvalue weighted by molar-refractivity contribution is 0.181. The molecule has 0 spiro atoms. The van der Waals surface area contributed by atoms with E-state index in [1.54, 1.807) is 0 Å². The van der Waals surface area contributed by atoms with Gasteiger partial charge >= 0.3 is 0 Å². The zero-order valence-electron chi connectivity index (χ0n) is 15.1. The van der Waals surface area contributed by atoms with Crippen LogP contribution in [0.4, 0.5) is 0 Å². The summed E-state index contributed by atoms with van der Waals surface area (Å²) in [6.45, 7) is 5.15. The van der Waals surface area contributed by atoms with Gasteiger partial charge in [-0.25, -0.2) is 0 Å². The highest BCUT2D eigenvalue weighted by Crippen LogP contribution is 2.22. The third kappa shape index (κ3) is 6.42. The second-order valence-electron chi connectivity index (χ2n) is 7.52. The van der Waals surface area contributed by atoms with Crippen molar-refractivity contribution in [2.75, 3.05) is 37.7 Å². The van der Waals surface area contributed by atoms with Gasteiger partial charge in [-0.2, -0.15) is 11.8 Å².